The monoisotopic (exact) mass is 532 g/mol. The number of rotatable bonds is 9. The molecule has 0 aliphatic heterocycles. The van der Waals surface area contributed by atoms with Crippen LogP contribution in [0, 0.1) is 0 Å². The molecule has 4 rings (SSSR count). The molecule has 0 spiro atoms. The maximum Gasteiger partial charge on any atom is 0.345 e. The van der Waals surface area contributed by atoms with Crippen molar-refractivity contribution in [3.8, 4) is 5.75 Å². The minimum Gasteiger partial charge on any atom is -0.492 e. The molecule has 0 bridgehead atoms. The first-order valence-corrected chi connectivity index (χ1v) is 12.3. The number of benzene rings is 3. The van der Waals surface area contributed by atoms with Crippen molar-refractivity contribution in [2.45, 2.75) is 6.54 Å². The first kappa shape index (κ1) is 26.4. The molecule has 1 aromatic heterocycles. The summed E-state index contributed by atoms with van der Waals surface area (Å²) in [5, 5.41) is 2.84. The van der Waals surface area contributed by atoms with E-state index in [0.717, 1.165) is 16.9 Å². The number of amides is 1. The molecule has 0 aliphatic carbocycles. The number of ether oxygens (including phenoxy) is 3. The Hall–Kier alpha value is -4.70. The standard InChI is InChI=1S/C28H24N2O7S/c1-35-26(32)22(27(33)36-2)16-18-8-11-21(12-9-18)37-15-14-30-23-13-10-19(17-24(23)38-28(30)34)25(31)29-20-6-4-3-5-7-20/h3-13,16-17H,14-15H2,1-2H3,(H,29,31). The van der Waals surface area contributed by atoms with Crippen LogP contribution in [0.3, 0.4) is 0 Å². The van der Waals surface area contributed by atoms with Gasteiger partial charge in [0.15, 0.2) is 0 Å². The number of hydrogen-bond acceptors (Lipinski definition) is 8. The van der Waals surface area contributed by atoms with Crippen molar-refractivity contribution in [2.24, 2.45) is 0 Å². The van der Waals surface area contributed by atoms with Crippen molar-refractivity contribution >= 4 is 51.2 Å². The molecule has 0 aliphatic rings. The van der Waals surface area contributed by atoms with E-state index < -0.39 is 11.9 Å². The van der Waals surface area contributed by atoms with Crippen LogP contribution in [0.15, 0.2) is 83.2 Å². The average molecular weight is 533 g/mol. The highest BCUT2D eigenvalue weighted by Gasteiger charge is 2.19. The van der Waals surface area contributed by atoms with Crippen LogP contribution in [0.25, 0.3) is 16.3 Å². The highest BCUT2D eigenvalue weighted by molar-refractivity contribution is 7.16. The van der Waals surface area contributed by atoms with E-state index in [4.69, 9.17) is 4.74 Å². The molecular formula is C28H24N2O7S. The minimum atomic E-state index is -0.797. The van der Waals surface area contributed by atoms with Gasteiger partial charge in [0.1, 0.15) is 17.9 Å². The molecule has 1 amide bonds. The Morgan fingerprint density at radius 2 is 1.61 bits per heavy atom. The predicted molar refractivity (Wildman–Crippen MR) is 144 cm³/mol. The quantitative estimate of drug-likeness (QED) is 0.149. The Kier molecular flexibility index (Phi) is 8.34. The van der Waals surface area contributed by atoms with Crippen LogP contribution in [0.4, 0.5) is 5.69 Å². The lowest BCUT2D eigenvalue weighted by Gasteiger charge is -2.09. The maximum absolute atomic E-state index is 12.6. The number of nitrogens with zero attached hydrogens (tertiary/aromatic N) is 1. The van der Waals surface area contributed by atoms with Crippen molar-refractivity contribution in [3.63, 3.8) is 0 Å². The van der Waals surface area contributed by atoms with Gasteiger partial charge in [-0.2, -0.15) is 0 Å². The summed E-state index contributed by atoms with van der Waals surface area (Å²) in [5.41, 5.74) is 2.22. The van der Waals surface area contributed by atoms with Crippen molar-refractivity contribution in [1.82, 2.24) is 4.57 Å². The number of methoxy groups -OCH3 is 2. The van der Waals surface area contributed by atoms with Crippen LogP contribution in [-0.4, -0.2) is 43.2 Å². The number of fused-ring (bicyclic) bond motifs is 1. The van der Waals surface area contributed by atoms with E-state index >= 15 is 0 Å². The zero-order valence-electron chi connectivity index (χ0n) is 20.6. The van der Waals surface area contributed by atoms with Crippen LogP contribution < -0.4 is 14.9 Å². The van der Waals surface area contributed by atoms with Crippen LogP contribution in [0.1, 0.15) is 15.9 Å². The Labute approximate surface area is 221 Å². The van der Waals surface area contributed by atoms with Crippen molar-refractivity contribution < 1.29 is 28.6 Å². The highest BCUT2D eigenvalue weighted by Crippen LogP contribution is 2.21. The Bertz CT molecular complexity index is 1540. The predicted octanol–water partition coefficient (Wildman–Crippen LogP) is 4.12. The molecular weight excluding hydrogens is 508 g/mol. The molecule has 194 valence electrons. The van der Waals surface area contributed by atoms with Crippen molar-refractivity contribution in [1.29, 1.82) is 0 Å². The van der Waals surface area contributed by atoms with Crippen LogP contribution in [0.5, 0.6) is 5.75 Å². The summed E-state index contributed by atoms with van der Waals surface area (Å²) in [6.45, 7) is 0.539. The maximum atomic E-state index is 12.6. The fourth-order valence-corrected chi connectivity index (χ4v) is 4.60. The summed E-state index contributed by atoms with van der Waals surface area (Å²) < 4.78 is 17.3. The number of carbonyl (C=O) groups is 3. The number of carbonyl (C=O) groups excluding carboxylic acids is 3. The third kappa shape index (κ3) is 6.16. The lowest BCUT2D eigenvalue weighted by molar-refractivity contribution is -0.143. The second kappa shape index (κ2) is 12.0. The van der Waals surface area contributed by atoms with Gasteiger partial charge in [-0.1, -0.05) is 41.7 Å². The number of para-hydroxylation sites is 1. The zero-order chi connectivity index (χ0) is 27.1. The Morgan fingerprint density at radius 3 is 2.26 bits per heavy atom. The van der Waals surface area contributed by atoms with E-state index in [-0.39, 0.29) is 23.0 Å². The molecule has 9 nitrogen and oxygen atoms in total. The molecule has 0 saturated heterocycles. The minimum absolute atomic E-state index is 0.150. The van der Waals surface area contributed by atoms with Gasteiger partial charge in [0, 0.05) is 11.3 Å². The van der Waals surface area contributed by atoms with E-state index in [1.807, 2.05) is 18.2 Å². The third-order valence-corrected chi connectivity index (χ3v) is 6.49. The fraction of sp³-hybridized carbons (Fsp3) is 0.143. The normalized spacial score (nSPS) is 10.5. The molecule has 0 radical (unpaired) electrons. The second-order valence-corrected chi connectivity index (χ2v) is 8.97. The average Bonchev–Trinajstić information content (AvgIpc) is 3.26. The first-order chi connectivity index (χ1) is 18.4. The van der Waals surface area contributed by atoms with Crippen molar-refractivity contribution in [3.05, 3.63) is 99.2 Å². The summed E-state index contributed by atoms with van der Waals surface area (Å²) in [5.74, 6) is -1.30. The van der Waals surface area contributed by atoms with Crippen LogP contribution in [0.2, 0.25) is 0 Å². The summed E-state index contributed by atoms with van der Waals surface area (Å²) in [4.78, 5) is 48.7. The Balaban J connectivity index is 1.41. The fourth-order valence-electron chi connectivity index (χ4n) is 3.65. The SMILES string of the molecule is COC(=O)C(=Cc1ccc(OCCn2c(=O)sc3cc(C(=O)Nc4ccccc4)ccc32)cc1)C(=O)OC. The van der Waals surface area contributed by atoms with Gasteiger partial charge in [0.2, 0.25) is 0 Å². The van der Waals surface area contributed by atoms with Gasteiger partial charge in [0.25, 0.3) is 5.91 Å². The molecule has 0 atom stereocenters. The highest BCUT2D eigenvalue weighted by atomic mass is 32.1. The van der Waals surface area contributed by atoms with E-state index in [1.165, 1.54) is 20.3 Å². The number of nitrogens with one attached hydrogen (secondary N) is 1. The van der Waals surface area contributed by atoms with Gasteiger partial charge >= 0.3 is 16.8 Å². The van der Waals surface area contributed by atoms with E-state index in [0.29, 0.717) is 33.8 Å². The van der Waals surface area contributed by atoms with Gasteiger partial charge in [-0.05, 0) is 54.1 Å². The van der Waals surface area contributed by atoms with Gasteiger partial charge in [-0.15, -0.1) is 0 Å². The molecule has 0 fully saturated rings. The Morgan fingerprint density at radius 1 is 0.921 bits per heavy atom. The number of thiazole rings is 1. The smallest absolute Gasteiger partial charge is 0.345 e. The molecule has 1 N–H and O–H groups in total. The van der Waals surface area contributed by atoms with Crippen molar-refractivity contribution in [2.75, 3.05) is 26.1 Å². The summed E-state index contributed by atoms with van der Waals surface area (Å²) >= 11 is 1.07. The first-order valence-electron chi connectivity index (χ1n) is 11.5. The third-order valence-electron chi connectivity index (χ3n) is 5.55. The zero-order valence-corrected chi connectivity index (χ0v) is 21.4. The molecule has 38 heavy (non-hydrogen) atoms. The van der Waals surface area contributed by atoms with E-state index in [1.54, 1.807) is 59.2 Å². The van der Waals surface area contributed by atoms with Gasteiger partial charge in [0.05, 0.1) is 31.0 Å². The topological polar surface area (TPSA) is 113 Å². The van der Waals surface area contributed by atoms with Gasteiger partial charge < -0.3 is 19.5 Å². The lowest BCUT2D eigenvalue weighted by Crippen LogP contribution is -2.17. The summed E-state index contributed by atoms with van der Waals surface area (Å²) in [6.07, 6.45) is 1.37. The van der Waals surface area contributed by atoms with Crippen LogP contribution >= 0.6 is 11.3 Å². The van der Waals surface area contributed by atoms with Gasteiger partial charge in [-0.25, -0.2) is 9.59 Å². The van der Waals surface area contributed by atoms with Crippen LogP contribution in [-0.2, 0) is 25.6 Å². The molecule has 0 unspecified atom stereocenters. The largest absolute Gasteiger partial charge is 0.492 e. The lowest BCUT2D eigenvalue weighted by atomic mass is 10.1. The summed E-state index contributed by atoms with van der Waals surface area (Å²) in [7, 11) is 2.36. The molecule has 4 aromatic rings. The van der Waals surface area contributed by atoms with E-state index in [9.17, 15) is 19.2 Å². The van der Waals surface area contributed by atoms with E-state index in [2.05, 4.69) is 14.8 Å². The number of esters is 2. The number of anilines is 1. The molecule has 3 aromatic carbocycles. The number of hydrogen-bond donors (Lipinski definition) is 1. The molecule has 1 heterocycles. The molecule has 0 saturated carbocycles. The summed E-state index contributed by atoms with van der Waals surface area (Å²) in [6, 6.07) is 21.0. The second-order valence-electron chi connectivity index (χ2n) is 7.98. The molecule has 10 heteroatoms. The number of aromatic nitrogens is 1. The van der Waals surface area contributed by atoms with Gasteiger partial charge in [-0.3, -0.25) is 14.2 Å².